The molecule has 0 spiro atoms. The third-order valence-corrected chi connectivity index (χ3v) is 5.59. The van der Waals surface area contributed by atoms with E-state index in [0.717, 1.165) is 40.5 Å². The molecule has 5 heteroatoms. The van der Waals surface area contributed by atoms with Crippen LogP contribution in [0.4, 0.5) is 4.39 Å². The molecule has 2 unspecified atom stereocenters. The van der Waals surface area contributed by atoms with Gasteiger partial charge in [-0.2, -0.15) is 0 Å². The van der Waals surface area contributed by atoms with E-state index in [9.17, 15) is 4.39 Å². The minimum atomic E-state index is -0.247. The number of fused-ring (bicyclic) bond motifs is 1. The topological polar surface area (TPSA) is 33.6 Å². The Morgan fingerprint density at radius 1 is 1.20 bits per heavy atom. The number of oxime groups is 1. The zero-order chi connectivity index (χ0) is 17.4. The highest BCUT2D eigenvalue weighted by atomic mass is 35.5. The first-order chi connectivity index (χ1) is 12.1. The average Bonchev–Trinajstić information content (AvgIpc) is 3.06. The fourth-order valence-corrected chi connectivity index (χ4v) is 3.81. The zero-order valence-corrected chi connectivity index (χ0v) is 14.8. The van der Waals surface area contributed by atoms with Crippen molar-refractivity contribution in [3.63, 3.8) is 0 Å². The number of nitrogens with zero attached hydrogens (tertiary/aromatic N) is 1. The summed E-state index contributed by atoms with van der Waals surface area (Å²) in [6, 6.07) is 12.3. The maximum absolute atomic E-state index is 13.0. The van der Waals surface area contributed by atoms with Crippen LogP contribution in [0.2, 0.25) is 5.02 Å². The quantitative estimate of drug-likeness (QED) is 0.642. The first kappa shape index (κ1) is 16.6. The van der Waals surface area contributed by atoms with Gasteiger partial charge in [0.15, 0.2) is 0 Å². The molecule has 1 aliphatic heterocycles. The van der Waals surface area contributed by atoms with Crippen LogP contribution in [0.15, 0.2) is 47.6 Å². The van der Waals surface area contributed by atoms with Gasteiger partial charge in [-0.1, -0.05) is 35.0 Å². The molecule has 25 heavy (non-hydrogen) atoms. The Hall–Kier alpha value is -1.91. The van der Waals surface area contributed by atoms with Gasteiger partial charge in [0, 0.05) is 10.9 Å². The molecule has 0 amide bonds. The standard InChI is InChI=1S/C20H20ClFN2O/c1-12-8-14(4-7-18(12)21)20(19-16-9-23-10-17(16)19)24-25-11-13-2-5-15(22)6-3-13/h2-8,16-17,19,23H,9-11H2,1H3. The fraction of sp³-hybridized carbons (Fsp3) is 0.350. The van der Waals surface area contributed by atoms with Crippen LogP contribution in [-0.2, 0) is 11.4 Å². The highest BCUT2D eigenvalue weighted by Gasteiger charge is 2.55. The first-order valence-electron chi connectivity index (χ1n) is 8.55. The van der Waals surface area contributed by atoms with Crippen LogP contribution in [0.3, 0.4) is 0 Å². The number of halogens is 2. The summed E-state index contributed by atoms with van der Waals surface area (Å²) in [6.45, 7) is 4.41. The molecular weight excluding hydrogens is 339 g/mol. The van der Waals surface area contributed by atoms with E-state index < -0.39 is 0 Å². The molecule has 1 heterocycles. The minimum Gasteiger partial charge on any atom is -0.391 e. The Bertz CT molecular complexity index is 796. The highest BCUT2D eigenvalue weighted by molar-refractivity contribution is 6.31. The maximum Gasteiger partial charge on any atom is 0.142 e. The van der Waals surface area contributed by atoms with Gasteiger partial charge in [0.2, 0.25) is 0 Å². The zero-order valence-electron chi connectivity index (χ0n) is 14.0. The molecule has 0 radical (unpaired) electrons. The Morgan fingerprint density at radius 2 is 1.92 bits per heavy atom. The van der Waals surface area contributed by atoms with Crippen molar-refractivity contribution in [2.24, 2.45) is 22.9 Å². The van der Waals surface area contributed by atoms with Crippen molar-refractivity contribution in [1.29, 1.82) is 0 Å². The second-order valence-electron chi connectivity index (χ2n) is 6.85. The second-order valence-corrected chi connectivity index (χ2v) is 7.26. The number of rotatable bonds is 5. The van der Waals surface area contributed by atoms with Crippen LogP contribution in [0, 0.1) is 30.5 Å². The lowest BCUT2D eigenvalue weighted by Crippen LogP contribution is -2.20. The SMILES string of the molecule is Cc1cc(C(=NOCc2ccc(F)cc2)C2C3CNCC32)ccc1Cl. The van der Waals surface area contributed by atoms with Gasteiger partial charge in [-0.25, -0.2) is 4.39 Å². The van der Waals surface area contributed by atoms with E-state index in [1.807, 2.05) is 19.1 Å². The van der Waals surface area contributed by atoms with Crippen LogP contribution < -0.4 is 5.32 Å². The van der Waals surface area contributed by atoms with Crippen molar-refractivity contribution in [1.82, 2.24) is 5.32 Å². The predicted molar refractivity (Wildman–Crippen MR) is 97.3 cm³/mol. The number of nitrogens with one attached hydrogen (secondary N) is 1. The summed E-state index contributed by atoms with van der Waals surface area (Å²) in [5.74, 6) is 1.48. The Kier molecular flexibility index (Phi) is 4.48. The summed E-state index contributed by atoms with van der Waals surface area (Å²) in [6.07, 6.45) is 0. The Balaban J connectivity index is 1.54. The average molecular weight is 359 g/mol. The lowest BCUT2D eigenvalue weighted by molar-refractivity contribution is 0.129. The number of piperidine rings is 1. The summed E-state index contributed by atoms with van der Waals surface area (Å²) < 4.78 is 13.0. The van der Waals surface area contributed by atoms with Gasteiger partial charge in [-0.15, -0.1) is 0 Å². The molecule has 1 N–H and O–H groups in total. The van der Waals surface area contributed by atoms with Crippen LogP contribution in [-0.4, -0.2) is 18.8 Å². The summed E-state index contributed by atoms with van der Waals surface area (Å²) in [4.78, 5) is 5.62. The molecular formula is C20H20ClFN2O. The van der Waals surface area contributed by atoms with Gasteiger partial charge in [0.25, 0.3) is 0 Å². The van der Waals surface area contributed by atoms with E-state index in [1.165, 1.54) is 12.1 Å². The molecule has 2 aromatic rings. The van der Waals surface area contributed by atoms with Gasteiger partial charge in [-0.3, -0.25) is 0 Å². The molecule has 0 aromatic heterocycles. The molecule has 1 aliphatic carbocycles. The predicted octanol–water partition coefficient (Wildman–Crippen LogP) is 4.17. The summed E-state index contributed by atoms with van der Waals surface area (Å²) in [5, 5.41) is 8.65. The molecule has 0 bridgehead atoms. The Labute approximate surface area is 151 Å². The molecule has 2 aromatic carbocycles. The second kappa shape index (κ2) is 6.77. The fourth-order valence-electron chi connectivity index (χ4n) is 3.69. The van der Waals surface area contributed by atoms with Crippen molar-refractivity contribution >= 4 is 17.3 Å². The molecule has 2 fully saturated rings. The van der Waals surface area contributed by atoms with Crippen LogP contribution in [0.5, 0.6) is 0 Å². The molecule has 2 aliphatic rings. The van der Waals surface area contributed by atoms with E-state index in [1.54, 1.807) is 12.1 Å². The van der Waals surface area contributed by atoms with Crippen molar-refractivity contribution in [3.8, 4) is 0 Å². The normalized spacial score (nSPS) is 24.9. The monoisotopic (exact) mass is 358 g/mol. The lowest BCUT2D eigenvalue weighted by Gasteiger charge is -2.11. The van der Waals surface area contributed by atoms with Gasteiger partial charge >= 0.3 is 0 Å². The molecule has 4 rings (SSSR count). The van der Waals surface area contributed by atoms with E-state index in [4.69, 9.17) is 16.4 Å². The number of hydrogen-bond acceptors (Lipinski definition) is 3. The molecule has 130 valence electrons. The van der Waals surface area contributed by atoms with E-state index in [0.29, 0.717) is 24.4 Å². The minimum absolute atomic E-state index is 0.247. The summed E-state index contributed by atoms with van der Waals surface area (Å²) in [5.41, 5.74) is 4.00. The highest BCUT2D eigenvalue weighted by Crippen LogP contribution is 2.50. The third kappa shape index (κ3) is 3.42. The van der Waals surface area contributed by atoms with E-state index >= 15 is 0 Å². The largest absolute Gasteiger partial charge is 0.391 e. The van der Waals surface area contributed by atoms with Crippen molar-refractivity contribution in [2.45, 2.75) is 13.5 Å². The van der Waals surface area contributed by atoms with Crippen molar-refractivity contribution in [2.75, 3.05) is 13.1 Å². The van der Waals surface area contributed by atoms with Crippen molar-refractivity contribution in [3.05, 3.63) is 70.0 Å². The van der Waals surface area contributed by atoms with E-state index in [-0.39, 0.29) is 5.82 Å². The number of benzene rings is 2. The van der Waals surface area contributed by atoms with Crippen LogP contribution in [0.1, 0.15) is 16.7 Å². The smallest absolute Gasteiger partial charge is 0.142 e. The maximum atomic E-state index is 13.0. The van der Waals surface area contributed by atoms with Crippen LogP contribution >= 0.6 is 11.6 Å². The van der Waals surface area contributed by atoms with Crippen molar-refractivity contribution < 1.29 is 9.23 Å². The summed E-state index contributed by atoms with van der Waals surface area (Å²) >= 11 is 6.16. The van der Waals surface area contributed by atoms with Gasteiger partial charge in [0.05, 0.1) is 5.71 Å². The lowest BCUT2D eigenvalue weighted by atomic mass is 10.0. The van der Waals surface area contributed by atoms with Gasteiger partial charge < -0.3 is 10.2 Å². The number of hydrogen-bond donors (Lipinski definition) is 1. The van der Waals surface area contributed by atoms with Crippen LogP contribution in [0.25, 0.3) is 0 Å². The molecule has 1 saturated carbocycles. The summed E-state index contributed by atoms with van der Waals surface area (Å²) in [7, 11) is 0. The van der Waals surface area contributed by atoms with E-state index in [2.05, 4.69) is 16.5 Å². The Morgan fingerprint density at radius 3 is 2.60 bits per heavy atom. The van der Waals surface area contributed by atoms with Gasteiger partial charge in [-0.05, 0) is 72.8 Å². The van der Waals surface area contributed by atoms with Gasteiger partial charge in [0.1, 0.15) is 12.4 Å². The molecule has 1 saturated heterocycles. The molecule has 3 nitrogen and oxygen atoms in total. The third-order valence-electron chi connectivity index (χ3n) is 5.17. The molecule has 2 atom stereocenters. The number of aryl methyl sites for hydroxylation is 1. The first-order valence-corrected chi connectivity index (χ1v) is 8.93.